The van der Waals surface area contributed by atoms with Crippen LogP contribution in [-0.2, 0) is 6.61 Å². The van der Waals surface area contributed by atoms with Crippen LogP contribution in [0.2, 0.25) is 10.0 Å². The largest absolute Gasteiger partial charge is 0.436 e. The molecule has 6 heteroatoms. The highest BCUT2D eigenvalue weighted by Gasteiger charge is 2.07. The number of aliphatic hydroxyl groups excluding tert-OH is 1. The summed E-state index contributed by atoms with van der Waals surface area (Å²) in [5, 5.41) is 9.54. The van der Waals surface area contributed by atoms with Crippen LogP contribution in [0.15, 0.2) is 30.6 Å². The number of aliphatic hydroxyl groups is 1. The van der Waals surface area contributed by atoms with Crippen molar-refractivity contribution in [2.45, 2.75) is 6.61 Å². The van der Waals surface area contributed by atoms with Crippen molar-refractivity contribution >= 4 is 23.2 Å². The SMILES string of the molecule is OCc1cnc(Oc2cccc(Cl)c2Cl)cn1. The molecule has 2 aromatic rings. The van der Waals surface area contributed by atoms with Gasteiger partial charge in [-0.2, -0.15) is 0 Å². The molecule has 0 spiro atoms. The predicted molar refractivity (Wildman–Crippen MR) is 64.5 cm³/mol. The molecule has 88 valence electrons. The van der Waals surface area contributed by atoms with Crippen LogP contribution >= 0.6 is 23.2 Å². The maximum atomic E-state index is 8.82. The first-order valence-corrected chi connectivity index (χ1v) is 5.50. The smallest absolute Gasteiger partial charge is 0.237 e. The van der Waals surface area contributed by atoms with Crippen LogP contribution in [0.5, 0.6) is 11.6 Å². The zero-order valence-corrected chi connectivity index (χ0v) is 10.1. The van der Waals surface area contributed by atoms with Crippen LogP contribution in [0.4, 0.5) is 0 Å². The van der Waals surface area contributed by atoms with Crippen LogP contribution in [0.1, 0.15) is 5.69 Å². The van der Waals surface area contributed by atoms with E-state index in [1.165, 1.54) is 12.4 Å². The van der Waals surface area contributed by atoms with E-state index in [4.69, 9.17) is 33.0 Å². The van der Waals surface area contributed by atoms with Gasteiger partial charge in [-0.1, -0.05) is 29.3 Å². The van der Waals surface area contributed by atoms with Crippen molar-refractivity contribution in [3.8, 4) is 11.6 Å². The first-order valence-electron chi connectivity index (χ1n) is 4.74. The highest BCUT2D eigenvalue weighted by Crippen LogP contribution is 2.33. The third-order valence-corrected chi connectivity index (χ3v) is 2.78. The first-order chi connectivity index (χ1) is 8.20. The molecule has 0 unspecified atom stereocenters. The number of nitrogens with zero attached hydrogens (tertiary/aromatic N) is 2. The Balaban J connectivity index is 2.22. The molecule has 0 amide bonds. The first kappa shape index (κ1) is 12.1. The molecule has 0 aliphatic rings. The Morgan fingerprint density at radius 3 is 2.65 bits per heavy atom. The Morgan fingerprint density at radius 2 is 2.00 bits per heavy atom. The second-order valence-corrected chi connectivity index (χ2v) is 3.94. The number of aromatic nitrogens is 2. The van der Waals surface area contributed by atoms with E-state index in [9.17, 15) is 0 Å². The standard InChI is InChI=1S/C11H8Cl2N2O2/c12-8-2-1-3-9(11(8)13)17-10-5-14-7(6-16)4-15-10/h1-5,16H,6H2. The van der Waals surface area contributed by atoms with Crippen LogP contribution < -0.4 is 4.74 Å². The van der Waals surface area contributed by atoms with Gasteiger partial charge in [-0.3, -0.25) is 4.98 Å². The third kappa shape index (κ3) is 2.85. The minimum absolute atomic E-state index is 0.162. The normalized spacial score (nSPS) is 10.3. The zero-order chi connectivity index (χ0) is 12.3. The summed E-state index contributed by atoms with van der Waals surface area (Å²) in [6.45, 7) is -0.162. The van der Waals surface area contributed by atoms with Gasteiger partial charge in [0.25, 0.3) is 0 Å². The number of hydrogen-bond donors (Lipinski definition) is 1. The lowest BCUT2D eigenvalue weighted by molar-refractivity contribution is 0.276. The van der Waals surface area contributed by atoms with Crippen LogP contribution in [-0.4, -0.2) is 15.1 Å². The van der Waals surface area contributed by atoms with Gasteiger partial charge < -0.3 is 9.84 Å². The van der Waals surface area contributed by atoms with E-state index in [1.54, 1.807) is 18.2 Å². The van der Waals surface area contributed by atoms with Gasteiger partial charge >= 0.3 is 0 Å². The van der Waals surface area contributed by atoms with Gasteiger partial charge in [0, 0.05) is 0 Å². The fourth-order valence-electron chi connectivity index (χ4n) is 1.15. The summed E-state index contributed by atoms with van der Waals surface area (Å²) in [5.74, 6) is 0.691. The van der Waals surface area contributed by atoms with E-state index in [1.807, 2.05) is 0 Å². The summed E-state index contributed by atoms with van der Waals surface area (Å²) in [5.41, 5.74) is 0.467. The van der Waals surface area contributed by atoms with Crippen molar-refractivity contribution in [2.24, 2.45) is 0 Å². The van der Waals surface area contributed by atoms with Crippen molar-refractivity contribution in [1.82, 2.24) is 9.97 Å². The topological polar surface area (TPSA) is 55.2 Å². The number of rotatable bonds is 3. The van der Waals surface area contributed by atoms with Gasteiger partial charge in [0.1, 0.15) is 10.8 Å². The van der Waals surface area contributed by atoms with Crippen molar-refractivity contribution < 1.29 is 9.84 Å². The van der Waals surface area contributed by atoms with Gasteiger partial charge in [0.15, 0.2) is 0 Å². The van der Waals surface area contributed by atoms with Gasteiger partial charge in [0.05, 0.1) is 29.7 Å². The number of halogens is 2. The Hall–Kier alpha value is -1.36. The summed E-state index contributed by atoms with van der Waals surface area (Å²) in [6.07, 6.45) is 2.83. The van der Waals surface area contributed by atoms with E-state index < -0.39 is 0 Å². The Bertz CT molecular complexity index is 517. The van der Waals surface area contributed by atoms with Crippen LogP contribution in [0.3, 0.4) is 0 Å². The lowest BCUT2D eigenvalue weighted by Gasteiger charge is -2.07. The summed E-state index contributed by atoms with van der Waals surface area (Å²) in [4.78, 5) is 7.90. The quantitative estimate of drug-likeness (QED) is 0.932. The Morgan fingerprint density at radius 1 is 1.18 bits per heavy atom. The lowest BCUT2D eigenvalue weighted by atomic mass is 10.3. The molecule has 0 saturated heterocycles. The van der Waals surface area contributed by atoms with E-state index >= 15 is 0 Å². The Kier molecular flexibility index (Phi) is 3.78. The van der Waals surface area contributed by atoms with Crippen molar-refractivity contribution in [2.75, 3.05) is 0 Å². The molecule has 0 bridgehead atoms. The molecule has 1 aromatic carbocycles. The zero-order valence-electron chi connectivity index (χ0n) is 8.60. The highest BCUT2D eigenvalue weighted by atomic mass is 35.5. The summed E-state index contributed by atoms with van der Waals surface area (Å²) in [7, 11) is 0. The maximum absolute atomic E-state index is 8.82. The molecule has 17 heavy (non-hydrogen) atoms. The van der Waals surface area contributed by atoms with Crippen molar-refractivity contribution in [3.63, 3.8) is 0 Å². The molecule has 0 aliphatic heterocycles. The summed E-state index contributed by atoms with van der Waals surface area (Å²) < 4.78 is 5.42. The average molecular weight is 271 g/mol. The average Bonchev–Trinajstić information content (AvgIpc) is 2.36. The molecule has 0 aliphatic carbocycles. The molecule has 1 aromatic heterocycles. The van der Waals surface area contributed by atoms with Gasteiger partial charge in [-0.15, -0.1) is 0 Å². The molecule has 1 N–H and O–H groups in total. The van der Waals surface area contributed by atoms with Gasteiger partial charge in [-0.05, 0) is 12.1 Å². The molecule has 0 saturated carbocycles. The molecule has 0 fully saturated rings. The van der Waals surface area contributed by atoms with Gasteiger partial charge in [0.2, 0.25) is 5.88 Å². The second-order valence-electron chi connectivity index (χ2n) is 3.16. The van der Waals surface area contributed by atoms with E-state index in [-0.39, 0.29) is 12.5 Å². The molecular formula is C11H8Cl2N2O2. The lowest BCUT2D eigenvalue weighted by Crippen LogP contribution is -1.94. The minimum atomic E-state index is -0.162. The summed E-state index contributed by atoms with van der Waals surface area (Å²) in [6, 6.07) is 5.06. The van der Waals surface area contributed by atoms with E-state index in [0.29, 0.717) is 21.5 Å². The monoisotopic (exact) mass is 270 g/mol. The number of benzene rings is 1. The molecule has 0 atom stereocenters. The van der Waals surface area contributed by atoms with Gasteiger partial charge in [-0.25, -0.2) is 4.98 Å². The fraction of sp³-hybridized carbons (Fsp3) is 0.0909. The molecule has 0 radical (unpaired) electrons. The second kappa shape index (κ2) is 5.31. The Labute approximate surface area is 108 Å². The van der Waals surface area contributed by atoms with Crippen LogP contribution in [0, 0.1) is 0 Å². The van der Waals surface area contributed by atoms with Crippen LogP contribution in [0.25, 0.3) is 0 Å². The number of ether oxygens (including phenoxy) is 1. The highest BCUT2D eigenvalue weighted by molar-refractivity contribution is 6.42. The van der Waals surface area contributed by atoms with E-state index in [0.717, 1.165) is 0 Å². The molecule has 1 heterocycles. The van der Waals surface area contributed by atoms with E-state index in [2.05, 4.69) is 9.97 Å². The molecule has 4 nitrogen and oxygen atoms in total. The fourth-order valence-corrected chi connectivity index (χ4v) is 1.48. The minimum Gasteiger partial charge on any atom is -0.436 e. The summed E-state index contributed by atoms with van der Waals surface area (Å²) >= 11 is 11.8. The third-order valence-electron chi connectivity index (χ3n) is 1.97. The van der Waals surface area contributed by atoms with Crippen molar-refractivity contribution in [3.05, 3.63) is 46.3 Å². The molecular weight excluding hydrogens is 263 g/mol. The predicted octanol–water partition coefficient (Wildman–Crippen LogP) is 3.07. The van der Waals surface area contributed by atoms with Crippen molar-refractivity contribution in [1.29, 1.82) is 0 Å². The molecule has 2 rings (SSSR count). The maximum Gasteiger partial charge on any atom is 0.237 e. The number of hydrogen-bond acceptors (Lipinski definition) is 4.